The molecule has 3 aromatic heterocycles. The number of nitrogens with zero attached hydrogens (tertiary/aromatic N) is 3. The molecule has 0 saturated heterocycles. The van der Waals surface area contributed by atoms with Gasteiger partial charge in [0.2, 0.25) is 5.91 Å². The van der Waals surface area contributed by atoms with Crippen molar-refractivity contribution in [2.75, 3.05) is 25.5 Å². The minimum absolute atomic E-state index is 0.0550. The summed E-state index contributed by atoms with van der Waals surface area (Å²) in [4.78, 5) is 27.5. The SMILES string of the molecule is CNCCNC(=O)[C@H](C)Nc1nc(-c2c[nH]c3ncc(Cl)cc23)ncc1F. The third kappa shape index (κ3) is 4.32. The molecule has 3 rings (SSSR count). The number of hydrogen-bond acceptors (Lipinski definition) is 6. The lowest BCUT2D eigenvalue weighted by Crippen LogP contribution is -2.40. The molecule has 0 fully saturated rings. The van der Waals surface area contributed by atoms with E-state index >= 15 is 0 Å². The molecule has 0 spiro atoms. The van der Waals surface area contributed by atoms with Crippen LogP contribution in [0.4, 0.5) is 10.2 Å². The molecule has 3 heterocycles. The van der Waals surface area contributed by atoms with Crippen molar-refractivity contribution in [2.45, 2.75) is 13.0 Å². The van der Waals surface area contributed by atoms with Crippen molar-refractivity contribution in [2.24, 2.45) is 0 Å². The van der Waals surface area contributed by atoms with Gasteiger partial charge in [0, 0.05) is 36.4 Å². The summed E-state index contributed by atoms with van der Waals surface area (Å²) in [6.07, 6.45) is 4.27. The number of aromatic amines is 1. The number of rotatable bonds is 7. The summed E-state index contributed by atoms with van der Waals surface area (Å²) in [5.74, 6) is -0.671. The minimum Gasteiger partial charge on any atom is -0.356 e. The largest absolute Gasteiger partial charge is 0.356 e. The second kappa shape index (κ2) is 8.28. The van der Waals surface area contributed by atoms with Crippen LogP contribution in [0.25, 0.3) is 22.4 Å². The Morgan fingerprint density at radius 3 is 2.93 bits per heavy atom. The number of likely N-dealkylation sites (N-methyl/N-ethyl adjacent to an activating group) is 1. The number of carbonyl (C=O) groups excluding carboxylic acids is 1. The van der Waals surface area contributed by atoms with Gasteiger partial charge in [-0.25, -0.2) is 19.3 Å². The number of amides is 1. The van der Waals surface area contributed by atoms with Gasteiger partial charge in [-0.1, -0.05) is 11.6 Å². The molecular weight excluding hydrogens is 373 g/mol. The molecule has 0 bridgehead atoms. The topological polar surface area (TPSA) is 108 Å². The van der Waals surface area contributed by atoms with Crippen molar-refractivity contribution >= 4 is 34.4 Å². The quantitative estimate of drug-likeness (QED) is 0.458. The standard InChI is InChI=1S/C17H19ClFN7O/c1-9(17(27)21-4-3-20-2)25-16-13(19)8-24-15(26-16)12-7-23-14-11(12)5-10(18)6-22-14/h5-9,20H,3-4H2,1-2H3,(H,21,27)(H,22,23)(H,24,25,26)/t9-/m0/s1. The van der Waals surface area contributed by atoms with Crippen LogP contribution in [0.1, 0.15) is 6.92 Å². The molecule has 1 amide bonds. The molecule has 10 heteroatoms. The molecule has 0 unspecified atom stereocenters. The van der Waals surface area contributed by atoms with E-state index in [2.05, 4.69) is 35.9 Å². The maximum Gasteiger partial charge on any atom is 0.242 e. The predicted molar refractivity (Wildman–Crippen MR) is 102 cm³/mol. The summed E-state index contributed by atoms with van der Waals surface area (Å²) < 4.78 is 14.1. The van der Waals surface area contributed by atoms with Gasteiger partial charge >= 0.3 is 0 Å². The Kier molecular flexibility index (Phi) is 5.82. The van der Waals surface area contributed by atoms with Crippen molar-refractivity contribution in [1.29, 1.82) is 0 Å². The molecule has 0 aliphatic carbocycles. The first kappa shape index (κ1) is 19.0. The number of H-pyrrole nitrogens is 1. The number of fused-ring (bicyclic) bond motifs is 1. The summed E-state index contributed by atoms with van der Waals surface area (Å²) in [6.45, 7) is 2.74. The van der Waals surface area contributed by atoms with Gasteiger partial charge in [-0.15, -0.1) is 0 Å². The maximum atomic E-state index is 14.1. The fourth-order valence-electron chi connectivity index (χ4n) is 2.50. The Morgan fingerprint density at radius 2 is 2.15 bits per heavy atom. The van der Waals surface area contributed by atoms with Crippen LogP contribution >= 0.6 is 11.6 Å². The van der Waals surface area contributed by atoms with Crippen LogP contribution in [-0.4, -0.2) is 52.0 Å². The van der Waals surface area contributed by atoms with E-state index in [1.54, 1.807) is 26.2 Å². The molecule has 4 N–H and O–H groups in total. The van der Waals surface area contributed by atoms with E-state index in [1.165, 1.54) is 6.20 Å². The molecule has 1 atom stereocenters. The van der Waals surface area contributed by atoms with Crippen LogP contribution in [0.15, 0.2) is 24.7 Å². The van der Waals surface area contributed by atoms with E-state index in [0.29, 0.717) is 29.3 Å². The molecule has 0 radical (unpaired) electrons. The highest BCUT2D eigenvalue weighted by molar-refractivity contribution is 6.31. The molecule has 3 aromatic rings. The van der Waals surface area contributed by atoms with Crippen molar-refractivity contribution in [3.63, 3.8) is 0 Å². The summed E-state index contributed by atoms with van der Waals surface area (Å²) >= 11 is 6.01. The second-order valence-electron chi connectivity index (χ2n) is 5.90. The third-order valence-electron chi connectivity index (χ3n) is 3.90. The lowest BCUT2D eigenvalue weighted by molar-refractivity contribution is -0.121. The lowest BCUT2D eigenvalue weighted by atomic mass is 10.2. The fourth-order valence-corrected chi connectivity index (χ4v) is 2.65. The summed E-state index contributed by atoms with van der Waals surface area (Å²) in [7, 11) is 1.79. The fraction of sp³-hybridized carbons (Fsp3) is 0.294. The number of aromatic nitrogens is 4. The zero-order chi connectivity index (χ0) is 19.4. The lowest BCUT2D eigenvalue weighted by Gasteiger charge is -2.15. The normalized spacial score (nSPS) is 12.1. The minimum atomic E-state index is -0.668. The molecule has 0 aliphatic heterocycles. The monoisotopic (exact) mass is 391 g/mol. The zero-order valence-electron chi connectivity index (χ0n) is 14.8. The van der Waals surface area contributed by atoms with Gasteiger partial charge in [0.15, 0.2) is 17.5 Å². The number of anilines is 1. The summed E-state index contributed by atoms with van der Waals surface area (Å²) in [5, 5.41) is 9.64. The van der Waals surface area contributed by atoms with Crippen LogP contribution in [-0.2, 0) is 4.79 Å². The first-order chi connectivity index (χ1) is 13.0. The molecule has 0 aliphatic rings. The van der Waals surface area contributed by atoms with Crippen molar-refractivity contribution in [3.8, 4) is 11.4 Å². The molecule has 8 nitrogen and oxygen atoms in total. The van der Waals surface area contributed by atoms with E-state index in [4.69, 9.17) is 11.6 Å². The Morgan fingerprint density at radius 1 is 1.33 bits per heavy atom. The highest BCUT2D eigenvalue weighted by atomic mass is 35.5. The van der Waals surface area contributed by atoms with Gasteiger partial charge in [0.05, 0.1) is 11.2 Å². The number of halogens is 2. The summed E-state index contributed by atoms with van der Waals surface area (Å²) in [6, 6.07) is 1.06. The maximum absolute atomic E-state index is 14.1. The first-order valence-electron chi connectivity index (χ1n) is 8.34. The van der Waals surface area contributed by atoms with Crippen LogP contribution in [0, 0.1) is 5.82 Å². The van der Waals surface area contributed by atoms with Gasteiger partial charge in [-0.05, 0) is 20.0 Å². The average Bonchev–Trinajstić information content (AvgIpc) is 3.06. The van der Waals surface area contributed by atoms with Gasteiger partial charge in [-0.3, -0.25) is 4.79 Å². The van der Waals surface area contributed by atoms with Gasteiger partial charge < -0.3 is 20.9 Å². The number of hydrogen-bond donors (Lipinski definition) is 4. The Hall–Kier alpha value is -2.78. The van der Waals surface area contributed by atoms with Crippen molar-refractivity contribution in [1.82, 2.24) is 30.6 Å². The van der Waals surface area contributed by atoms with Crippen molar-refractivity contribution in [3.05, 3.63) is 35.5 Å². The first-order valence-corrected chi connectivity index (χ1v) is 8.71. The smallest absolute Gasteiger partial charge is 0.242 e. The third-order valence-corrected chi connectivity index (χ3v) is 4.11. The number of pyridine rings is 1. The van der Waals surface area contributed by atoms with E-state index < -0.39 is 11.9 Å². The molecule has 0 aromatic carbocycles. The molecule has 0 saturated carbocycles. The van der Waals surface area contributed by atoms with Gasteiger partial charge in [0.25, 0.3) is 0 Å². The van der Waals surface area contributed by atoms with Crippen LogP contribution in [0.5, 0.6) is 0 Å². The van der Waals surface area contributed by atoms with Crippen LogP contribution < -0.4 is 16.0 Å². The van der Waals surface area contributed by atoms with E-state index in [1.807, 2.05) is 0 Å². The zero-order valence-corrected chi connectivity index (χ0v) is 15.6. The van der Waals surface area contributed by atoms with Gasteiger partial charge in [0.1, 0.15) is 11.7 Å². The average molecular weight is 392 g/mol. The number of carbonyl (C=O) groups is 1. The highest BCUT2D eigenvalue weighted by Crippen LogP contribution is 2.28. The van der Waals surface area contributed by atoms with Crippen molar-refractivity contribution < 1.29 is 9.18 Å². The van der Waals surface area contributed by atoms with Crippen LogP contribution in [0.2, 0.25) is 5.02 Å². The van der Waals surface area contributed by atoms with E-state index in [-0.39, 0.29) is 17.5 Å². The second-order valence-corrected chi connectivity index (χ2v) is 6.34. The van der Waals surface area contributed by atoms with E-state index in [9.17, 15) is 9.18 Å². The summed E-state index contributed by atoms with van der Waals surface area (Å²) in [5.41, 5.74) is 1.25. The highest BCUT2D eigenvalue weighted by Gasteiger charge is 2.17. The molecular formula is C17H19ClFN7O. The Balaban J connectivity index is 1.84. The van der Waals surface area contributed by atoms with E-state index in [0.717, 1.165) is 11.6 Å². The molecule has 142 valence electrons. The van der Waals surface area contributed by atoms with Crippen LogP contribution in [0.3, 0.4) is 0 Å². The predicted octanol–water partition coefficient (Wildman–Crippen LogP) is 1.95. The Labute approximate surface area is 160 Å². The molecule has 27 heavy (non-hydrogen) atoms. The van der Waals surface area contributed by atoms with Gasteiger partial charge in [-0.2, -0.15) is 0 Å². The number of nitrogens with one attached hydrogen (secondary N) is 4. The Bertz CT molecular complexity index is 962.